The summed E-state index contributed by atoms with van der Waals surface area (Å²) in [7, 11) is 0. The number of amidine groups is 1. The monoisotopic (exact) mass is 277 g/mol. The standard InChI is InChI=1S/C14H19N3OS/c1-2-3-4-5-12-14(18)17-10-8-9(13(15)16)6-7-11(10)19-12/h6-8,12H,2-5H2,1H3,(H3,15,16)(H,17,18). The number of rotatable bonds is 5. The minimum atomic E-state index is 0.00206. The number of nitrogen functional groups attached to an aromatic ring is 1. The van der Waals surface area contributed by atoms with Crippen molar-refractivity contribution in [2.24, 2.45) is 5.73 Å². The highest BCUT2D eigenvalue weighted by Gasteiger charge is 2.26. The summed E-state index contributed by atoms with van der Waals surface area (Å²) in [5.74, 6) is 0.0847. The maximum absolute atomic E-state index is 12.0. The fraction of sp³-hybridized carbons (Fsp3) is 0.429. The summed E-state index contributed by atoms with van der Waals surface area (Å²) >= 11 is 1.61. The number of anilines is 1. The number of hydrogen-bond donors (Lipinski definition) is 3. The Hall–Kier alpha value is -1.49. The van der Waals surface area contributed by atoms with Crippen molar-refractivity contribution in [1.29, 1.82) is 5.41 Å². The third-order valence-electron chi connectivity index (χ3n) is 3.18. The number of nitrogens with two attached hydrogens (primary N) is 1. The van der Waals surface area contributed by atoms with Gasteiger partial charge < -0.3 is 11.1 Å². The zero-order valence-corrected chi connectivity index (χ0v) is 11.8. The van der Waals surface area contributed by atoms with E-state index in [2.05, 4.69) is 12.2 Å². The van der Waals surface area contributed by atoms with Crippen molar-refractivity contribution >= 4 is 29.2 Å². The Balaban J connectivity index is 2.11. The van der Waals surface area contributed by atoms with Gasteiger partial charge in [-0.2, -0.15) is 0 Å². The number of carbonyl (C=O) groups excluding carboxylic acids is 1. The van der Waals surface area contributed by atoms with E-state index in [0.29, 0.717) is 5.56 Å². The maximum Gasteiger partial charge on any atom is 0.237 e. The normalized spacial score (nSPS) is 17.7. The SMILES string of the molecule is CCCCCC1Sc2ccc(C(=N)N)cc2NC1=O. The molecule has 1 aromatic rings. The van der Waals surface area contributed by atoms with Crippen molar-refractivity contribution < 1.29 is 4.79 Å². The third-order valence-corrected chi connectivity index (χ3v) is 4.52. The molecule has 1 aliphatic heterocycles. The van der Waals surface area contributed by atoms with Crippen LogP contribution in [-0.2, 0) is 4.79 Å². The van der Waals surface area contributed by atoms with Crippen molar-refractivity contribution in [3.8, 4) is 0 Å². The zero-order valence-electron chi connectivity index (χ0n) is 11.0. The molecule has 4 N–H and O–H groups in total. The lowest BCUT2D eigenvalue weighted by Gasteiger charge is -2.24. The van der Waals surface area contributed by atoms with Gasteiger partial charge >= 0.3 is 0 Å². The Bertz CT molecular complexity index is 501. The molecule has 1 atom stereocenters. The number of thioether (sulfide) groups is 1. The van der Waals surface area contributed by atoms with Crippen molar-refractivity contribution in [3.05, 3.63) is 23.8 Å². The fourth-order valence-electron chi connectivity index (χ4n) is 2.09. The Labute approximate surface area is 117 Å². The van der Waals surface area contributed by atoms with Crippen molar-refractivity contribution in [1.82, 2.24) is 0 Å². The van der Waals surface area contributed by atoms with E-state index in [4.69, 9.17) is 11.1 Å². The minimum absolute atomic E-state index is 0.00206. The number of unbranched alkanes of at least 4 members (excludes halogenated alkanes) is 2. The summed E-state index contributed by atoms with van der Waals surface area (Å²) in [5, 5.41) is 10.3. The molecule has 1 aliphatic rings. The van der Waals surface area contributed by atoms with Gasteiger partial charge in [-0.1, -0.05) is 32.3 Å². The Morgan fingerprint density at radius 1 is 1.47 bits per heavy atom. The van der Waals surface area contributed by atoms with E-state index in [1.165, 1.54) is 6.42 Å². The molecule has 19 heavy (non-hydrogen) atoms. The fourth-order valence-corrected chi connectivity index (χ4v) is 3.23. The molecule has 0 aromatic heterocycles. The van der Waals surface area contributed by atoms with Crippen molar-refractivity contribution in [2.75, 3.05) is 5.32 Å². The summed E-state index contributed by atoms with van der Waals surface area (Å²) in [6.45, 7) is 2.16. The molecular weight excluding hydrogens is 258 g/mol. The molecule has 2 rings (SSSR count). The molecule has 4 nitrogen and oxygen atoms in total. The lowest BCUT2D eigenvalue weighted by Crippen LogP contribution is -2.29. The number of nitrogens with one attached hydrogen (secondary N) is 2. The lowest BCUT2D eigenvalue weighted by atomic mass is 10.1. The minimum Gasteiger partial charge on any atom is -0.384 e. The first-order valence-corrected chi connectivity index (χ1v) is 7.45. The zero-order chi connectivity index (χ0) is 13.8. The van der Waals surface area contributed by atoms with Crippen LogP contribution in [0.1, 0.15) is 38.2 Å². The molecule has 1 heterocycles. The maximum atomic E-state index is 12.0. The van der Waals surface area contributed by atoms with Gasteiger partial charge in [0.15, 0.2) is 0 Å². The molecule has 5 heteroatoms. The molecule has 1 amide bonds. The van der Waals surface area contributed by atoms with Gasteiger partial charge in [0, 0.05) is 10.5 Å². The number of carbonyl (C=O) groups is 1. The number of benzene rings is 1. The van der Waals surface area contributed by atoms with Crippen LogP contribution in [-0.4, -0.2) is 17.0 Å². The van der Waals surface area contributed by atoms with Crippen molar-refractivity contribution in [2.45, 2.75) is 42.8 Å². The van der Waals surface area contributed by atoms with Gasteiger partial charge in [-0.05, 0) is 18.6 Å². The molecule has 0 saturated heterocycles. The van der Waals surface area contributed by atoms with E-state index >= 15 is 0 Å². The first-order chi connectivity index (χ1) is 9.11. The van der Waals surface area contributed by atoms with E-state index in [-0.39, 0.29) is 17.0 Å². The quantitative estimate of drug-likeness (QED) is 0.440. The summed E-state index contributed by atoms with van der Waals surface area (Å²) in [5.41, 5.74) is 6.87. The van der Waals surface area contributed by atoms with Crippen LogP contribution < -0.4 is 11.1 Å². The summed E-state index contributed by atoms with van der Waals surface area (Å²) < 4.78 is 0. The average Bonchev–Trinajstić information content (AvgIpc) is 2.39. The molecular formula is C14H19N3OS. The third kappa shape index (κ3) is 3.29. The molecule has 0 spiro atoms. The topological polar surface area (TPSA) is 79.0 Å². The number of hydrogen-bond acceptors (Lipinski definition) is 3. The Kier molecular flexibility index (Phi) is 4.47. The van der Waals surface area contributed by atoms with Crippen LogP contribution in [0.2, 0.25) is 0 Å². The second-order valence-electron chi connectivity index (χ2n) is 4.72. The highest BCUT2D eigenvalue weighted by atomic mass is 32.2. The predicted molar refractivity (Wildman–Crippen MR) is 79.9 cm³/mol. The van der Waals surface area contributed by atoms with E-state index < -0.39 is 0 Å². The lowest BCUT2D eigenvalue weighted by molar-refractivity contribution is -0.115. The second-order valence-corrected chi connectivity index (χ2v) is 5.96. The van der Waals surface area contributed by atoms with E-state index in [9.17, 15) is 4.79 Å². The highest BCUT2D eigenvalue weighted by molar-refractivity contribution is 8.01. The molecule has 1 unspecified atom stereocenters. The van der Waals surface area contributed by atoms with Gasteiger partial charge in [0.25, 0.3) is 0 Å². The van der Waals surface area contributed by atoms with E-state index in [1.807, 2.05) is 12.1 Å². The largest absolute Gasteiger partial charge is 0.384 e. The summed E-state index contributed by atoms with van der Waals surface area (Å²) in [6, 6.07) is 5.53. The van der Waals surface area contributed by atoms with Gasteiger partial charge in [-0.15, -0.1) is 11.8 Å². The van der Waals surface area contributed by atoms with Crippen molar-refractivity contribution in [3.63, 3.8) is 0 Å². The van der Waals surface area contributed by atoms with Gasteiger partial charge in [-0.25, -0.2) is 0 Å². The van der Waals surface area contributed by atoms with E-state index in [0.717, 1.165) is 29.8 Å². The van der Waals surface area contributed by atoms with Crippen LogP contribution >= 0.6 is 11.8 Å². The van der Waals surface area contributed by atoms with Gasteiger partial charge in [0.05, 0.1) is 10.9 Å². The molecule has 0 fully saturated rings. The Morgan fingerprint density at radius 3 is 2.95 bits per heavy atom. The van der Waals surface area contributed by atoms with Crippen LogP contribution in [0.4, 0.5) is 5.69 Å². The first kappa shape index (κ1) is 13.9. The molecule has 102 valence electrons. The molecule has 1 aromatic carbocycles. The van der Waals surface area contributed by atoms with Crippen LogP contribution in [0.15, 0.2) is 23.1 Å². The van der Waals surface area contributed by atoms with Crippen LogP contribution in [0.25, 0.3) is 0 Å². The van der Waals surface area contributed by atoms with Gasteiger partial charge in [0.2, 0.25) is 5.91 Å². The molecule has 0 bridgehead atoms. The van der Waals surface area contributed by atoms with Gasteiger partial charge in [0.1, 0.15) is 5.84 Å². The predicted octanol–water partition coefficient (Wildman–Crippen LogP) is 2.96. The second kappa shape index (κ2) is 6.10. The first-order valence-electron chi connectivity index (χ1n) is 6.57. The molecule has 0 aliphatic carbocycles. The molecule has 0 radical (unpaired) electrons. The summed E-state index contributed by atoms with van der Waals surface area (Å²) in [4.78, 5) is 13.1. The summed E-state index contributed by atoms with van der Waals surface area (Å²) in [6.07, 6.45) is 4.33. The molecule has 0 saturated carbocycles. The Morgan fingerprint density at radius 2 is 2.26 bits per heavy atom. The van der Waals surface area contributed by atoms with Crippen LogP contribution in [0.3, 0.4) is 0 Å². The van der Waals surface area contributed by atoms with Gasteiger partial charge in [-0.3, -0.25) is 10.2 Å². The highest BCUT2D eigenvalue weighted by Crippen LogP contribution is 2.38. The number of amides is 1. The van der Waals surface area contributed by atoms with E-state index in [1.54, 1.807) is 17.8 Å². The smallest absolute Gasteiger partial charge is 0.237 e. The number of fused-ring (bicyclic) bond motifs is 1. The van der Waals surface area contributed by atoms with Crippen LogP contribution in [0, 0.1) is 5.41 Å². The average molecular weight is 277 g/mol. The van der Waals surface area contributed by atoms with Crippen LogP contribution in [0.5, 0.6) is 0 Å².